The molecule has 0 heterocycles. The van der Waals surface area contributed by atoms with Crippen LogP contribution in [0.1, 0.15) is 57.3 Å². The first-order chi connectivity index (χ1) is 21.6. The minimum absolute atomic E-state index is 0.182. The van der Waals surface area contributed by atoms with Crippen LogP contribution in [0.4, 0.5) is 0 Å². The van der Waals surface area contributed by atoms with Gasteiger partial charge in [0.15, 0.2) is 0 Å². The van der Waals surface area contributed by atoms with Gasteiger partial charge in [-0.3, -0.25) is 0 Å². The van der Waals surface area contributed by atoms with Gasteiger partial charge < -0.3 is 0 Å². The SMILES string of the molecule is CC1=Cc2c(-c3ccccc3)cccc2C1c1c(C)c(=C(c2ccccc2)c2ccccc2)cc2c1=Cc1cc(C)ccc1-2. The predicted octanol–water partition coefficient (Wildman–Crippen LogP) is 9.58. The monoisotopic (exact) mass is 562 g/mol. The third kappa shape index (κ3) is 4.21. The highest BCUT2D eigenvalue weighted by Crippen LogP contribution is 2.45. The van der Waals surface area contributed by atoms with E-state index in [4.69, 9.17) is 0 Å². The largest absolute Gasteiger partial charge is 0.0622 e. The van der Waals surface area contributed by atoms with Gasteiger partial charge in [-0.05, 0) is 110 Å². The van der Waals surface area contributed by atoms with Gasteiger partial charge in [-0.1, -0.05) is 145 Å². The maximum absolute atomic E-state index is 2.47. The normalized spacial score (nSPS) is 14.3. The van der Waals surface area contributed by atoms with Gasteiger partial charge in [0.25, 0.3) is 0 Å². The molecule has 1 unspecified atom stereocenters. The Kier molecular flexibility index (Phi) is 6.31. The molecular weight excluding hydrogens is 528 g/mol. The molecule has 1 atom stereocenters. The van der Waals surface area contributed by atoms with E-state index >= 15 is 0 Å². The second-order valence-electron chi connectivity index (χ2n) is 12.3. The molecule has 6 aromatic carbocycles. The van der Waals surface area contributed by atoms with Crippen molar-refractivity contribution in [3.8, 4) is 22.3 Å². The third-order valence-electron chi connectivity index (χ3n) is 9.52. The first-order valence-corrected chi connectivity index (χ1v) is 15.6. The van der Waals surface area contributed by atoms with Crippen molar-refractivity contribution in [1.29, 1.82) is 0 Å². The Morgan fingerprint density at radius 1 is 0.545 bits per heavy atom. The molecule has 0 amide bonds. The molecule has 0 fully saturated rings. The van der Waals surface area contributed by atoms with Crippen molar-refractivity contribution in [3.63, 3.8) is 0 Å². The Hall–Kier alpha value is -5.20. The zero-order valence-electron chi connectivity index (χ0n) is 25.4. The first-order valence-electron chi connectivity index (χ1n) is 15.6. The topological polar surface area (TPSA) is 0 Å². The molecule has 0 heteroatoms. The molecule has 2 aliphatic carbocycles. The quantitative estimate of drug-likeness (QED) is 0.200. The number of rotatable bonds is 4. The second kappa shape index (κ2) is 10.5. The molecule has 8 rings (SSSR count). The molecule has 2 aliphatic rings. The number of hydrogen-bond acceptors (Lipinski definition) is 0. The summed E-state index contributed by atoms with van der Waals surface area (Å²) in [6.07, 6.45) is 4.88. The summed E-state index contributed by atoms with van der Waals surface area (Å²) >= 11 is 0. The van der Waals surface area contributed by atoms with Crippen LogP contribution in [-0.4, -0.2) is 0 Å². The van der Waals surface area contributed by atoms with Crippen molar-refractivity contribution in [2.24, 2.45) is 0 Å². The van der Waals surface area contributed by atoms with Crippen LogP contribution < -0.4 is 10.4 Å². The van der Waals surface area contributed by atoms with Crippen molar-refractivity contribution in [2.45, 2.75) is 26.7 Å². The molecule has 44 heavy (non-hydrogen) atoms. The molecule has 0 N–H and O–H groups in total. The number of aryl methyl sites for hydroxylation is 1. The van der Waals surface area contributed by atoms with E-state index < -0.39 is 0 Å². The summed E-state index contributed by atoms with van der Waals surface area (Å²) in [5, 5.41) is 2.67. The number of allylic oxidation sites excluding steroid dienone is 1. The van der Waals surface area contributed by atoms with Gasteiger partial charge in [-0.2, -0.15) is 0 Å². The molecule has 0 saturated heterocycles. The van der Waals surface area contributed by atoms with Crippen molar-refractivity contribution >= 4 is 17.7 Å². The van der Waals surface area contributed by atoms with Crippen LogP contribution in [-0.2, 0) is 0 Å². The van der Waals surface area contributed by atoms with Gasteiger partial charge in [0, 0.05) is 5.92 Å². The summed E-state index contributed by atoms with van der Waals surface area (Å²) in [6.45, 7) is 6.87. The lowest BCUT2D eigenvalue weighted by atomic mass is 9.81. The van der Waals surface area contributed by atoms with Crippen LogP contribution in [0.25, 0.3) is 40.0 Å². The molecule has 0 spiro atoms. The summed E-state index contributed by atoms with van der Waals surface area (Å²) in [7, 11) is 0. The van der Waals surface area contributed by atoms with E-state index in [9.17, 15) is 0 Å². The molecular formula is C44H34. The smallest absolute Gasteiger partial charge is 0.0314 e. The first kappa shape index (κ1) is 26.4. The summed E-state index contributed by atoms with van der Waals surface area (Å²) in [5.74, 6) is 0.182. The van der Waals surface area contributed by atoms with Gasteiger partial charge in [-0.15, -0.1) is 0 Å². The fourth-order valence-electron chi connectivity index (χ4n) is 7.53. The predicted molar refractivity (Wildman–Crippen MR) is 186 cm³/mol. The van der Waals surface area contributed by atoms with E-state index in [1.54, 1.807) is 0 Å². The van der Waals surface area contributed by atoms with Gasteiger partial charge in [-0.25, -0.2) is 0 Å². The number of fused-ring (bicyclic) bond motifs is 4. The highest BCUT2D eigenvalue weighted by Gasteiger charge is 2.31. The van der Waals surface area contributed by atoms with E-state index in [0.29, 0.717) is 0 Å². The lowest BCUT2D eigenvalue weighted by molar-refractivity contribution is 0.949. The van der Waals surface area contributed by atoms with Crippen molar-refractivity contribution in [1.82, 2.24) is 0 Å². The summed E-state index contributed by atoms with van der Waals surface area (Å²) in [6, 6.07) is 48.9. The van der Waals surface area contributed by atoms with E-state index in [1.807, 2.05) is 0 Å². The molecule has 0 radical (unpaired) electrons. The summed E-state index contributed by atoms with van der Waals surface area (Å²) < 4.78 is 0. The lowest BCUT2D eigenvalue weighted by Gasteiger charge is -2.22. The minimum Gasteiger partial charge on any atom is -0.0622 e. The molecule has 0 aliphatic heterocycles. The standard InChI is InChI=1S/C44H34/c1-28-22-23-36-34(24-28)26-41-40(36)27-38(44(32-16-9-5-10-17-32)33-18-11-6-12-19-33)30(3)43(41)42-29(2)25-39-35(20-13-21-37(39)42)31-14-7-4-8-15-31/h4-27,42H,1-3H3. The Morgan fingerprint density at radius 3 is 1.89 bits per heavy atom. The fourth-order valence-corrected chi connectivity index (χ4v) is 7.53. The van der Waals surface area contributed by atoms with E-state index in [2.05, 4.69) is 166 Å². The fraction of sp³-hybridized carbons (Fsp3) is 0.0909. The average Bonchev–Trinajstić information content (AvgIpc) is 3.59. The highest BCUT2D eigenvalue weighted by molar-refractivity contribution is 5.89. The van der Waals surface area contributed by atoms with Crippen molar-refractivity contribution in [3.05, 3.63) is 194 Å². The summed E-state index contributed by atoms with van der Waals surface area (Å²) in [5.41, 5.74) is 18.5. The Labute approximate surface area is 260 Å². The van der Waals surface area contributed by atoms with Crippen molar-refractivity contribution in [2.75, 3.05) is 0 Å². The minimum atomic E-state index is 0.182. The second-order valence-corrected chi connectivity index (χ2v) is 12.3. The van der Waals surface area contributed by atoms with Gasteiger partial charge >= 0.3 is 0 Å². The number of benzene rings is 6. The zero-order chi connectivity index (χ0) is 29.8. The maximum atomic E-state index is 2.47. The van der Waals surface area contributed by atoms with Crippen molar-refractivity contribution < 1.29 is 0 Å². The third-order valence-corrected chi connectivity index (χ3v) is 9.52. The van der Waals surface area contributed by atoms with Crippen LogP contribution in [0, 0.1) is 13.8 Å². The number of hydrogen-bond donors (Lipinski definition) is 0. The van der Waals surface area contributed by atoms with Crippen LogP contribution in [0.15, 0.2) is 139 Å². The van der Waals surface area contributed by atoms with E-state index in [1.165, 1.54) is 88.3 Å². The van der Waals surface area contributed by atoms with Crippen LogP contribution in [0.3, 0.4) is 0 Å². The Balaban J connectivity index is 1.49. The van der Waals surface area contributed by atoms with E-state index in [-0.39, 0.29) is 5.92 Å². The van der Waals surface area contributed by atoms with Gasteiger partial charge in [0.1, 0.15) is 0 Å². The molecule has 0 aromatic heterocycles. The Morgan fingerprint density at radius 2 is 1.20 bits per heavy atom. The Bertz CT molecular complexity index is 2170. The van der Waals surface area contributed by atoms with Crippen LogP contribution in [0.2, 0.25) is 0 Å². The molecule has 6 aromatic rings. The lowest BCUT2D eigenvalue weighted by Crippen LogP contribution is -2.26. The molecule has 210 valence electrons. The maximum Gasteiger partial charge on any atom is 0.0314 e. The average molecular weight is 563 g/mol. The highest BCUT2D eigenvalue weighted by atomic mass is 14.3. The van der Waals surface area contributed by atoms with E-state index in [0.717, 1.165) is 0 Å². The van der Waals surface area contributed by atoms with Gasteiger partial charge in [0.2, 0.25) is 0 Å². The summed E-state index contributed by atoms with van der Waals surface area (Å²) in [4.78, 5) is 0. The molecule has 0 bridgehead atoms. The van der Waals surface area contributed by atoms with Gasteiger partial charge in [0.05, 0.1) is 0 Å². The molecule has 0 nitrogen and oxygen atoms in total. The van der Waals surface area contributed by atoms with Crippen LogP contribution in [0.5, 0.6) is 0 Å². The molecule has 0 saturated carbocycles. The zero-order valence-corrected chi connectivity index (χ0v) is 25.4. The van der Waals surface area contributed by atoms with Crippen LogP contribution >= 0.6 is 0 Å².